The van der Waals surface area contributed by atoms with E-state index in [2.05, 4.69) is 5.32 Å². The molecule has 0 atom stereocenters. The summed E-state index contributed by atoms with van der Waals surface area (Å²) in [6.07, 6.45) is 5.97. The van der Waals surface area contributed by atoms with Crippen molar-refractivity contribution < 1.29 is 19.8 Å². The predicted molar refractivity (Wildman–Crippen MR) is 130 cm³/mol. The van der Waals surface area contributed by atoms with Crippen molar-refractivity contribution in [3.8, 4) is 0 Å². The van der Waals surface area contributed by atoms with Gasteiger partial charge in [-0.1, -0.05) is 80.1 Å². The second-order valence-electron chi connectivity index (χ2n) is 7.81. The lowest BCUT2D eigenvalue weighted by Crippen LogP contribution is -2.21. The number of hydrogen-bond acceptors (Lipinski definition) is 4. The third-order valence-electron chi connectivity index (χ3n) is 5.26. The molecule has 1 aliphatic heterocycles. The molecule has 4 rings (SSSR count). The van der Waals surface area contributed by atoms with Crippen LogP contribution in [0.15, 0.2) is 78.9 Å². The van der Waals surface area contributed by atoms with Crippen molar-refractivity contribution in [2.24, 2.45) is 0 Å². The molecule has 0 saturated carbocycles. The summed E-state index contributed by atoms with van der Waals surface area (Å²) in [6, 6.07) is 23.8. The highest BCUT2D eigenvalue weighted by Gasteiger charge is 2.00. The standard InChI is InChI=1S/C14H12O2.C9H10O2.C5H11N/c15-14(16)13-8-6-12(7-9-13)10-11-4-2-1-3-5-11;1-2-7-3-5-8(6-4-7)9(10)11;1-2-4-6-5-3-1/h1-9H,10H2,(H,15,16);3-6H,2H2,1H3,(H,10,11);6H,1-5H2/p-1. The van der Waals surface area contributed by atoms with Crippen molar-refractivity contribution in [2.45, 2.75) is 39.0 Å². The van der Waals surface area contributed by atoms with E-state index in [1.165, 1.54) is 37.9 Å². The molecule has 3 aromatic rings. The molecule has 0 unspecified atom stereocenters. The maximum Gasteiger partial charge on any atom is 0.335 e. The molecule has 1 heterocycles. The van der Waals surface area contributed by atoms with Crippen molar-refractivity contribution in [3.63, 3.8) is 0 Å². The van der Waals surface area contributed by atoms with Gasteiger partial charge in [0.2, 0.25) is 0 Å². The smallest absolute Gasteiger partial charge is 0.335 e. The molecule has 0 aliphatic carbocycles. The number of aromatic carboxylic acids is 2. The number of nitrogens with one attached hydrogen (secondary N) is 1. The minimum absolute atomic E-state index is 0.219. The average Bonchev–Trinajstić information content (AvgIpc) is 2.87. The highest BCUT2D eigenvalue weighted by Crippen LogP contribution is 2.10. The third-order valence-corrected chi connectivity index (χ3v) is 5.26. The Bertz CT molecular complexity index is 952. The lowest BCUT2D eigenvalue weighted by Gasteiger charge is -2.08. The first-order valence-corrected chi connectivity index (χ1v) is 11.4. The molecular formula is C28H32NO4-. The molecule has 0 bridgehead atoms. The van der Waals surface area contributed by atoms with Gasteiger partial charge in [-0.05, 0) is 73.2 Å². The van der Waals surface area contributed by atoms with E-state index in [1.807, 2.05) is 61.5 Å². The maximum absolute atomic E-state index is 10.6. The van der Waals surface area contributed by atoms with Crippen LogP contribution in [0.3, 0.4) is 0 Å². The number of hydrogen-bond donors (Lipinski definition) is 2. The summed E-state index contributed by atoms with van der Waals surface area (Å²) in [4.78, 5) is 21.0. The summed E-state index contributed by atoms with van der Waals surface area (Å²) in [6.45, 7) is 4.54. The van der Waals surface area contributed by atoms with Crippen molar-refractivity contribution in [1.29, 1.82) is 0 Å². The number of carbonyl (C=O) groups excluding carboxylic acids is 1. The second kappa shape index (κ2) is 14.6. The molecule has 0 spiro atoms. The van der Waals surface area contributed by atoms with Crippen LogP contribution >= 0.6 is 0 Å². The number of piperidine rings is 1. The monoisotopic (exact) mass is 446 g/mol. The van der Waals surface area contributed by atoms with Crippen molar-refractivity contribution in [2.75, 3.05) is 13.1 Å². The first-order chi connectivity index (χ1) is 16.0. The van der Waals surface area contributed by atoms with E-state index in [0.717, 1.165) is 24.0 Å². The summed E-state index contributed by atoms with van der Waals surface area (Å²) < 4.78 is 0. The molecule has 1 fully saturated rings. The van der Waals surface area contributed by atoms with Gasteiger partial charge in [-0.2, -0.15) is 0 Å². The van der Waals surface area contributed by atoms with Gasteiger partial charge in [0.1, 0.15) is 0 Å². The van der Waals surface area contributed by atoms with E-state index >= 15 is 0 Å². The normalized spacial score (nSPS) is 12.4. The lowest BCUT2D eigenvalue weighted by atomic mass is 10.0. The zero-order chi connectivity index (χ0) is 23.9. The van der Waals surface area contributed by atoms with Crippen LogP contribution in [0.4, 0.5) is 0 Å². The Labute approximate surface area is 196 Å². The van der Waals surface area contributed by atoms with Gasteiger partial charge in [-0.3, -0.25) is 0 Å². The van der Waals surface area contributed by atoms with Crippen molar-refractivity contribution in [3.05, 3.63) is 107 Å². The predicted octanol–water partition coefficient (Wildman–Crippen LogP) is 4.35. The molecule has 2 N–H and O–H groups in total. The van der Waals surface area contributed by atoms with Crippen LogP contribution in [-0.4, -0.2) is 30.1 Å². The molecule has 1 saturated heterocycles. The SMILES string of the molecule is C1CCNCC1.CCc1ccc(C(=O)O)cc1.O=C([O-])c1ccc(Cc2ccccc2)cc1. The van der Waals surface area contributed by atoms with Crippen molar-refractivity contribution >= 4 is 11.9 Å². The van der Waals surface area contributed by atoms with Crippen LogP contribution in [0, 0.1) is 0 Å². The van der Waals surface area contributed by atoms with Gasteiger partial charge in [0.15, 0.2) is 0 Å². The van der Waals surface area contributed by atoms with Crippen LogP contribution in [-0.2, 0) is 12.8 Å². The second-order valence-corrected chi connectivity index (χ2v) is 7.81. The van der Waals surface area contributed by atoms with E-state index < -0.39 is 11.9 Å². The zero-order valence-corrected chi connectivity index (χ0v) is 19.1. The Morgan fingerprint density at radius 3 is 1.70 bits per heavy atom. The lowest BCUT2D eigenvalue weighted by molar-refractivity contribution is -0.255. The van der Waals surface area contributed by atoms with E-state index in [9.17, 15) is 14.7 Å². The minimum Gasteiger partial charge on any atom is -0.545 e. The van der Waals surface area contributed by atoms with E-state index in [0.29, 0.717) is 5.56 Å². The van der Waals surface area contributed by atoms with Gasteiger partial charge in [0.05, 0.1) is 11.5 Å². The molecule has 0 radical (unpaired) electrons. The van der Waals surface area contributed by atoms with Gasteiger partial charge in [0.25, 0.3) is 0 Å². The summed E-state index contributed by atoms with van der Waals surface area (Å²) in [5, 5.41) is 22.4. The van der Waals surface area contributed by atoms with Gasteiger partial charge >= 0.3 is 5.97 Å². The molecule has 0 aromatic heterocycles. The van der Waals surface area contributed by atoms with Gasteiger partial charge in [-0.15, -0.1) is 0 Å². The first-order valence-electron chi connectivity index (χ1n) is 11.4. The van der Waals surface area contributed by atoms with Crippen molar-refractivity contribution in [1.82, 2.24) is 5.32 Å². The van der Waals surface area contributed by atoms with Gasteiger partial charge < -0.3 is 20.3 Å². The Kier molecular flexibility index (Phi) is 11.4. The molecular weight excluding hydrogens is 414 g/mol. The van der Waals surface area contributed by atoms with E-state index in [1.54, 1.807) is 24.3 Å². The van der Waals surface area contributed by atoms with Crippen LogP contribution in [0.2, 0.25) is 0 Å². The number of carbonyl (C=O) groups is 2. The zero-order valence-electron chi connectivity index (χ0n) is 19.1. The van der Waals surface area contributed by atoms with Crippen LogP contribution in [0.25, 0.3) is 0 Å². The largest absolute Gasteiger partial charge is 0.545 e. The number of rotatable bonds is 5. The highest BCUT2D eigenvalue weighted by molar-refractivity contribution is 5.87. The van der Waals surface area contributed by atoms with Crippen LogP contribution in [0.1, 0.15) is 63.6 Å². The fraction of sp³-hybridized carbons (Fsp3) is 0.286. The third kappa shape index (κ3) is 10.1. The van der Waals surface area contributed by atoms with Gasteiger partial charge in [-0.25, -0.2) is 4.79 Å². The Balaban J connectivity index is 0.000000195. The van der Waals surface area contributed by atoms with Gasteiger partial charge in [0, 0.05) is 0 Å². The molecule has 0 amide bonds. The van der Waals surface area contributed by atoms with E-state index in [4.69, 9.17) is 5.11 Å². The average molecular weight is 447 g/mol. The molecule has 1 aliphatic rings. The number of carboxylic acid groups (broad SMARTS) is 2. The fourth-order valence-electron chi connectivity index (χ4n) is 3.28. The fourth-order valence-corrected chi connectivity index (χ4v) is 3.28. The Morgan fingerprint density at radius 2 is 1.27 bits per heavy atom. The van der Waals surface area contributed by atoms with Crippen LogP contribution in [0.5, 0.6) is 0 Å². The topological polar surface area (TPSA) is 89.5 Å². The maximum atomic E-state index is 10.6. The first kappa shape index (κ1) is 25.8. The molecule has 5 heteroatoms. The van der Waals surface area contributed by atoms with E-state index in [-0.39, 0.29) is 5.56 Å². The summed E-state index contributed by atoms with van der Waals surface area (Å²) in [7, 11) is 0. The number of carboxylic acids is 2. The Hall–Kier alpha value is -3.44. The number of benzene rings is 3. The molecule has 3 aromatic carbocycles. The minimum atomic E-state index is -1.13. The summed E-state index contributed by atoms with van der Waals surface area (Å²) in [5.74, 6) is -2.00. The summed E-state index contributed by atoms with van der Waals surface area (Å²) in [5.41, 5.74) is 4.04. The molecule has 174 valence electrons. The Morgan fingerprint density at radius 1 is 0.758 bits per heavy atom. The highest BCUT2D eigenvalue weighted by atomic mass is 16.4. The van der Waals surface area contributed by atoms with Crippen LogP contribution < -0.4 is 10.4 Å². The quantitative estimate of drug-likeness (QED) is 0.608. The number of aryl methyl sites for hydroxylation is 1. The molecule has 5 nitrogen and oxygen atoms in total. The molecule has 33 heavy (non-hydrogen) atoms. The summed E-state index contributed by atoms with van der Waals surface area (Å²) >= 11 is 0.